The first kappa shape index (κ1) is 12.0. The van der Waals surface area contributed by atoms with Gasteiger partial charge in [0.25, 0.3) is 0 Å². The SMILES string of the molecule is Clc1cc2c(cc1Br)C1(CCOC1)c1ccccc1-2. The molecule has 1 aliphatic carbocycles. The summed E-state index contributed by atoms with van der Waals surface area (Å²) >= 11 is 9.83. The van der Waals surface area contributed by atoms with E-state index in [0.717, 1.165) is 29.1 Å². The van der Waals surface area contributed by atoms with Crippen LogP contribution in [0.1, 0.15) is 17.5 Å². The molecule has 1 spiro atoms. The molecule has 0 amide bonds. The van der Waals surface area contributed by atoms with Crippen molar-refractivity contribution in [3.8, 4) is 11.1 Å². The van der Waals surface area contributed by atoms with Gasteiger partial charge >= 0.3 is 0 Å². The van der Waals surface area contributed by atoms with Crippen LogP contribution in [0.15, 0.2) is 40.9 Å². The number of hydrogen-bond donors (Lipinski definition) is 0. The van der Waals surface area contributed by atoms with Gasteiger partial charge in [-0.25, -0.2) is 0 Å². The highest BCUT2D eigenvalue weighted by molar-refractivity contribution is 9.10. The molecule has 0 saturated carbocycles. The zero-order valence-electron chi connectivity index (χ0n) is 10.2. The van der Waals surface area contributed by atoms with Crippen molar-refractivity contribution >= 4 is 27.5 Å². The molecule has 2 aliphatic rings. The minimum Gasteiger partial charge on any atom is -0.380 e. The molecule has 2 aromatic rings. The third kappa shape index (κ3) is 1.51. The fourth-order valence-electron chi connectivity index (χ4n) is 3.44. The summed E-state index contributed by atoms with van der Waals surface area (Å²) in [6, 6.07) is 12.9. The molecule has 3 heteroatoms. The van der Waals surface area contributed by atoms with E-state index < -0.39 is 0 Å². The molecule has 1 unspecified atom stereocenters. The Morgan fingerprint density at radius 2 is 1.95 bits per heavy atom. The Bertz CT molecular complexity index is 674. The molecule has 1 fully saturated rings. The van der Waals surface area contributed by atoms with Gasteiger partial charge in [0, 0.05) is 16.5 Å². The lowest BCUT2D eigenvalue weighted by molar-refractivity contribution is 0.185. The van der Waals surface area contributed by atoms with E-state index in [1.165, 1.54) is 22.3 Å². The second-order valence-corrected chi connectivity index (χ2v) is 6.50. The van der Waals surface area contributed by atoms with E-state index in [-0.39, 0.29) is 5.41 Å². The second-order valence-electron chi connectivity index (χ2n) is 5.24. The third-order valence-corrected chi connectivity index (χ3v) is 5.53. The van der Waals surface area contributed by atoms with E-state index in [2.05, 4.69) is 52.3 Å². The van der Waals surface area contributed by atoms with Crippen LogP contribution in [0.25, 0.3) is 11.1 Å². The highest BCUT2D eigenvalue weighted by Crippen LogP contribution is 2.54. The van der Waals surface area contributed by atoms with Gasteiger partial charge in [0.15, 0.2) is 0 Å². The zero-order chi connectivity index (χ0) is 13.0. The Morgan fingerprint density at radius 1 is 1.11 bits per heavy atom. The molecule has 1 saturated heterocycles. The van der Waals surface area contributed by atoms with Crippen LogP contribution in [0.2, 0.25) is 5.02 Å². The zero-order valence-corrected chi connectivity index (χ0v) is 12.6. The number of fused-ring (bicyclic) bond motifs is 5. The first-order chi connectivity index (χ1) is 9.22. The molecule has 0 radical (unpaired) electrons. The molecule has 0 bridgehead atoms. The van der Waals surface area contributed by atoms with Gasteiger partial charge < -0.3 is 4.74 Å². The van der Waals surface area contributed by atoms with Crippen LogP contribution < -0.4 is 0 Å². The Balaban J connectivity index is 2.09. The Morgan fingerprint density at radius 3 is 2.74 bits per heavy atom. The first-order valence-electron chi connectivity index (χ1n) is 6.39. The maximum atomic E-state index is 6.28. The Hall–Kier alpha value is -0.830. The Kier molecular flexibility index (Phi) is 2.57. The van der Waals surface area contributed by atoms with E-state index in [1.807, 2.05) is 0 Å². The van der Waals surface area contributed by atoms with Gasteiger partial charge in [-0.15, -0.1) is 0 Å². The highest BCUT2D eigenvalue weighted by atomic mass is 79.9. The minimum atomic E-state index is 0.0268. The first-order valence-corrected chi connectivity index (χ1v) is 7.57. The van der Waals surface area contributed by atoms with Crippen molar-refractivity contribution < 1.29 is 4.74 Å². The summed E-state index contributed by atoms with van der Waals surface area (Å²) in [5.41, 5.74) is 5.32. The van der Waals surface area contributed by atoms with Crippen LogP contribution >= 0.6 is 27.5 Å². The summed E-state index contributed by atoms with van der Waals surface area (Å²) in [5.74, 6) is 0. The number of benzene rings is 2. The molecule has 1 nitrogen and oxygen atoms in total. The van der Waals surface area contributed by atoms with Crippen molar-refractivity contribution in [1.82, 2.24) is 0 Å². The summed E-state index contributed by atoms with van der Waals surface area (Å²) in [6.07, 6.45) is 1.05. The van der Waals surface area contributed by atoms with Crippen molar-refractivity contribution in [2.45, 2.75) is 11.8 Å². The topological polar surface area (TPSA) is 9.23 Å². The second kappa shape index (κ2) is 4.08. The number of ether oxygens (including phenoxy) is 1. The van der Waals surface area contributed by atoms with Gasteiger partial charge in [-0.3, -0.25) is 0 Å². The van der Waals surface area contributed by atoms with E-state index in [1.54, 1.807) is 0 Å². The lowest BCUT2D eigenvalue weighted by Crippen LogP contribution is -2.25. The van der Waals surface area contributed by atoms with Gasteiger partial charge in [0.2, 0.25) is 0 Å². The largest absolute Gasteiger partial charge is 0.380 e. The molecule has 96 valence electrons. The summed E-state index contributed by atoms with van der Waals surface area (Å²) in [4.78, 5) is 0. The normalized spacial score (nSPS) is 23.7. The molecule has 19 heavy (non-hydrogen) atoms. The average molecular weight is 336 g/mol. The monoisotopic (exact) mass is 334 g/mol. The summed E-state index contributed by atoms with van der Waals surface area (Å²) in [7, 11) is 0. The smallest absolute Gasteiger partial charge is 0.0605 e. The van der Waals surface area contributed by atoms with Gasteiger partial charge in [-0.2, -0.15) is 0 Å². The van der Waals surface area contributed by atoms with Crippen molar-refractivity contribution in [2.75, 3.05) is 13.2 Å². The molecule has 0 N–H and O–H groups in total. The maximum absolute atomic E-state index is 6.28. The van der Waals surface area contributed by atoms with Gasteiger partial charge in [-0.1, -0.05) is 35.9 Å². The molecular formula is C16H12BrClO. The third-order valence-electron chi connectivity index (χ3n) is 4.33. The van der Waals surface area contributed by atoms with E-state index >= 15 is 0 Å². The van der Waals surface area contributed by atoms with Crippen molar-refractivity contribution in [2.24, 2.45) is 0 Å². The van der Waals surface area contributed by atoms with Crippen molar-refractivity contribution in [3.63, 3.8) is 0 Å². The van der Waals surface area contributed by atoms with Crippen molar-refractivity contribution in [1.29, 1.82) is 0 Å². The van der Waals surface area contributed by atoms with Crippen LogP contribution in [0, 0.1) is 0 Å². The van der Waals surface area contributed by atoms with Crippen LogP contribution in [-0.4, -0.2) is 13.2 Å². The molecular weight excluding hydrogens is 324 g/mol. The summed E-state index contributed by atoms with van der Waals surface area (Å²) in [6.45, 7) is 1.60. The van der Waals surface area contributed by atoms with E-state index in [0.29, 0.717) is 0 Å². The predicted octanol–water partition coefficient (Wildman–Crippen LogP) is 4.79. The molecule has 1 aliphatic heterocycles. The average Bonchev–Trinajstić information content (AvgIpc) is 3.00. The number of rotatable bonds is 0. The molecule has 4 rings (SSSR count). The summed E-state index contributed by atoms with van der Waals surface area (Å²) < 4.78 is 6.68. The molecule has 0 aromatic heterocycles. The number of hydrogen-bond acceptors (Lipinski definition) is 1. The fourth-order valence-corrected chi connectivity index (χ4v) is 3.94. The quantitative estimate of drug-likeness (QED) is 0.672. The van der Waals surface area contributed by atoms with Crippen LogP contribution in [0.5, 0.6) is 0 Å². The van der Waals surface area contributed by atoms with Crippen LogP contribution in [-0.2, 0) is 10.2 Å². The molecule has 2 aromatic carbocycles. The molecule has 1 atom stereocenters. The fraction of sp³-hybridized carbons (Fsp3) is 0.250. The maximum Gasteiger partial charge on any atom is 0.0605 e. The van der Waals surface area contributed by atoms with E-state index in [9.17, 15) is 0 Å². The highest BCUT2D eigenvalue weighted by Gasteiger charge is 2.46. The lowest BCUT2D eigenvalue weighted by Gasteiger charge is -2.24. The summed E-state index contributed by atoms with van der Waals surface area (Å²) in [5, 5.41) is 0.768. The lowest BCUT2D eigenvalue weighted by atomic mass is 9.78. The van der Waals surface area contributed by atoms with Crippen molar-refractivity contribution in [3.05, 3.63) is 57.0 Å². The molecule has 1 heterocycles. The van der Waals surface area contributed by atoms with Gasteiger partial charge in [0.1, 0.15) is 0 Å². The van der Waals surface area contributed by atoms with Gasteiger partial charge in [-0.05, 0) is 56.7 Å². The van der Waals surface area contributed by atoms with Gasteiger partial charge in [0.05, 0.1) is 11.6 Å². The van der Waals surface area contributed by atoms with E-state index in [4.69, 9.17) is 16.3 Å². The Labute approximate surface area is 125 Å². The van der Waals surface area contributed by atoms with Crippen LogP contribution in [0.3, 0.4) is 0 Å². The number of halogens is 2. The standard InChI is InChI=1S/C16H12BrClO/c17-14-8-13-11(7-15(14)18)10-3-1-2-4-12(10)16(13)5-6-19-9-16/h1-4,7-8H,5-6,9H2. The predicted molar refractivity (Wildman–Crippen MR) is 80.8 cm³/mol. The van der Waals surface area contributed by atoms with Crippen LogP contribution in [0.4, 0.5) is 0 Å². The minimum absolute atomic E-state index is 0.0268.